The fourth-order valence-electron chi connectivity index (χ4n) is 1.82. The molecule has 21 heavy (non-hydrogen) atoms. The third-order valence-corrected chi connectivity index (χ3v) is 2.98. The Kier molecular flexibility index (Phi) is 5.30. The molecule has 0 aliphatic carbocycles. The fourth-order valence-corrected chi connectivity index (χ4v) is 1.82. The van der Waals surface area contributed by atoms with Crippen LogP contribution in [0.15, 0.2) is 42.6 Å². The van der Waals surface area contributed by atoms with Crippen LogP contribution in [0.25, 0.3) is 0 Å². The average molecular weight is 281 g/mol. The Morgan fingerprint density at radius 2 is 1.95 bits per heavy atom. The van der Waals surface area contributed by atoms with E-state index in [1.54, 1.807) is 12.3 Å². The summed E-state index contributed by atoms with van der Waals surface area (Å²) in [5.74, 6) is 0.818. The van der Waals surface area contributed by atoms with Crippen LogP contribution in [0.1, 0.15) is 30.7 Å². The molecule has 0 spiro atoms. The lowest BCUT2D eigenvalue weighted by atomic mass is 10.2. The second-order valence-electron chi connectivity index (χ2n) is 5.13. The van der Waals surface area contributed by atoms with Gasteiger partial charge in [-0.15, -0.1) is 0 Å². The predicted molar refractivity (Wildman–Crippen MR) is 81.7 cm³/mol. The quantitative estimate of drug-likeness (QED) is 0.884. The van der Waals surface area contributed by atoms with Gasteiger partial charge in [-0.05, 0) is 35.4 Å². The standard InChI is InChI=1S/C17H19N3O/c1-13(2)20-11-14-3-5-17(6-4-14)21-12-15-7-8-19-16(9-15)10-18/h3-9,13,20H,11-12H2,1-2H3. The molecule has 0 saturated carbocycles. The van der Waals surface area contributed by atoms with Gasteiger partial charge in [0.25, 0.3) is 0 Å². The van der Waals surface area contributed by atoms with Gasteiger partial charge >= 0.3 is 0 Å². The van der Waals surface area contributed by atoms with E-state index in [1.807, 2.05) is 24.3 Å². The average Bonchev–Trinajstić information content (AvgIpc) is 2.52. The molecule has 1 aromatic heterocycles. The molecule has 0 saturated heterocycles. The van der Waals surface area contributed by atoms with Gasteiger partial charge in [-0.2, -0.15) is 5.26 Å². The largest absolute Gasteiger partial charge is 0.489 e. The summed E-state index contributed by atoms with van der Waals surface area (Å²) in [6, 6.07) is 14.1. The van der Waals surface area contributed by atoms with Crippen LogP contribution < -0.4 is 10.1 Å². The summed E-state index contributed by atoms with van der Waals surface area (Å²) in [6.07, 6.45) is 1.62. The Balaban J connectivity index is 1.90. The molecule has 108 valence electrons. The molecule has 0 amide bonds. The molecule has 1 N–H and O–H groups in total. The molecule has 0 fully saturated rings. The molecule has 2 aromatic rings. The van der Waals surface area contributed by atoms with Crippen LogP contribution in [0.3, 0.4) is 0 Å². The summed E-state index contributed by atoms with van der Waals surface area (Å²) in [5.41, 5.74) is 2.57. The fraction of sp³-hybridized carbons (Fsp3) is 0.294. The summed E-state index contributed by atoms with van der Waals surface area (Å²) in [7, 11) is 0. The van der Waals surface area contributed by atoms with E-state index in [1.165, 1.54) is 5.56 Å². The van der Waals surface area contributed by atoms with Crippen molar-refractivity contribution in [3.05, 3.63) is 59.4 Å². The second kappa shape index (κ2) is 7.41. The molecule has 0 aliphatic heterocycles. The van der Waals surface area contributed by atoms with Crippen LogP contribution in [0.5, 0.6) is 5.75 Å². The monoisotopic (exact) mass is 281 g/mol. The number of nitrogens with zero attached hydrogens (tertiary/aromatic N) is 2. The van der Waals surface area contributed by atoms with Crippen molar-refractivity contribution in [1.82, 2.24) is 10.3 Å². The lowest BCUT2D eigenvalue weighted by Gasteiger charge is -2.10. The van der Waals surface area contributed by atoms with Crippen LogP contribution in [0.4, 0.5) is 0 Å². The molecule has 0 atom stereocenters. The normalized spacial score (nSPS) is 10.4. The number of rotatable bonds is 6. The zero-order chi connectivity index (χ0) is 15.1. The Labute approximate surface area is 125 Å². The molecule has 1 aromatic carbocycles. The van der Waals surface area contributed by atoms with Gasteiger partial charge in [-0.3, -0.25) is 0 Å². The summed E-state index contributed by atoms with van der Waals surface area (Å²) in [4.78, 5) is 3.94. The molecule has 0 bridgehead atoms. The van der Waals surface area contributed by atoms with Crippen molar-refractivity contribution in [2.45, 2.75) is 33.0 Å². The van der Waals surface area contributed by atoms with Gasteiger partial charge in [0.2, 0.25) is 0 Å². The highest BCUT2D eigenvalue weighted by Gasteiger charge is 2.00. The minimum absolute atomic E-state index is 0.409. The van der Waals surface area contributed by atoms with Gasteiger partial charge in [0.05, 0.1) is 0 Å². The first-order valence-electron chi connectivity index (χ1n) is 6.97. The van der Waals surface area contributed by atoms with Gasteiger partial charge < -0.3 is 10.1 Å². The van der Waals surface area contributed by atoms with E-state index in [0.29, 0.717) is 18.3 Å². The predicted octanol–water partition coefficient (Wildman–Crippen LogP) is 3.03. The molecule has 2 rings (SSSR count). The smallest absolute Gasteiger partial charge is 0.140 e. The second-order valence-corrected chi connectivity index (χ2v) is 5.13. The van der Waals surface area contributed by atoms with E-state index < -0.39 is 0 Å². The first kappa shape index (κ1) is 15.0. The SMILES string of the molecule is CC(C)NCc1ccc(OCc2ccnc(C#N)c2)cc1. The van der Waals surface area contributed by atoms with Crippen molar-refractivity contribution in [2.24, 2.45) is 0 Å². The van der Waals surface area contributed by atoms with E-state index in [9.17, 15) is 0 Å². The highest BCUT2D eigenvalue weighted by Crippen LogP contribution is 2.14. The lowest BCUT2D eigenvalue weighted by Crippen LogP contribution is -2.21. The Morgan fingerprint density at radius 1 is 1.19 bits per heavy atom. The molecule has 0 radical (unpaired) electrons. The van der Waals surface area contributed by atoms with Crippen molar-refractivity contribution in [3.63, 3.8) is 0 Å². The highest BCUT2D eigenvalue weighted by atomic mass is 16.5. The van der Waals surface area contributed by atoms with Crippen molar-refractivity contribution in [1.29, 1.82) is 5.26 Å². The Morgan fingerprint density at radius 3 is 2.62 bits per heavy atom. The lowest BCUT2D eigenvalue weighted by molar-refractivity contribution is 0.306. The summed E-state index contributed by atoms with van der Waals surface area (Å²) >= 11 is 0. The number of benzene rings is 1. The first-order chi connectivity index (χ1) is 10.2. The van der Waals surface area contributed by atoms with Crippen LogP contribution in [0.2, 0.25) is 0 Å². The number of ether oxygens (including phenoxy) is 1. The number of hydrogen-bond donors (Lipinski definition) is 1. The summed E-state index contributed by atoms with van der Waals surface area (Å²) < 4.78 is 5.71. The van der Waals surface area contributed by atoms with E-state index >= 15 is 0 Å². The maximum Gasteiger partial charge on any atom is 0.140 e. The van der Waals surface area contributed by atoms with Crippen LogP contribution in [0, 0.1) is 11.3 Å². The minimum Gasteiger partial charge on any atom is -0.489 e. The van der Waals surface area contributed by atoms with Gasteiger partial charge in [0.1, 0.15) is 24.1 Å². The van der Waals surface area contributed by atoms with Crippen LogP contribution in [-0.4, -0.2) is 11.0 Å². The maximum atomic E-state index is 8.81. The molecular weight excluding hydrogens is 262 g/mol. The molecule has 0 aliphatic rings. The third kappa shape index (κ3) is 4.90. The van der Waals surface area contributed by atoms with Gasteiger partial charge in [0.15, 0.2) is 0 Å². The topological polar surface area (TPSA) is 57.9 Å². The number of pyridine rings is 1. The van der Waals surface area contributed by atoms with Crippen molar-refractivity contribution in [2.75, 3.05) is 0 Å². The zero-order valence-electron chi connectivity index (χ0n) is 12.3. The summed E-state index contributed by atoms with van der Waals surface area (Å²) in [5, 5.41) is 12.2. The summed E-state index contributed by atoms with van der Waals surface area (Å²) in [6.45, 7) is 5.54. The number of aromatic nitrogens is 1. The first-order valence-corrected chi connectivity index (χ1v) is 6.97. The molecule has 0 unspecified atom stereocenters. The zero-order valence-corrected chi connectivity index (χ0v) is 12.3. The van der Waals surface area contributed by atoms with Crippen molar-refractivity contribution >= 4 is 0 Å². The van der Waals surface area contributed by atoms with Crippen LogP contribution >= 0.6 is 0 Å². The van der Waals surface area contributed by atoms with E-state index in [0.717, 1.165) is 17.9 Å². The van der Waals surface area contributed by atoms with Crippen molar-refractivity contribution < 1.29 is 4.74 Å². The molecule has 1 heterocycles. The Bertz CT molecular complexity index is 615. The maximum absolute atomic E-state index is 8.81. The van der Waals surface area contributed by atoms with Crippen LogP contribution in [-0.2, 0) is 13.2 Å². The Hall–Kier alpha value is -2.38. The van der Waals surface area contributed by atoms with Crippen molar-refractivity contribution in [3.8, 4) is 11.8 Å². The number of hydrogen-bond acceptors (Lipinski definition) is 4. The van der Waals surface area contributed by atoms with Gasteiger partial charge in [0, 0.05) is 18.8 Å². The van der Waals surface area contributed by atoms with E-state index in [2.05, 4.69) is 36.3 Å². The van der Waals surface area contributed by atoms with E-state index in [-0.39, 0.29) is 0 Å². The van der Waals surface area contributed by atoms with Gasteiger partial charge in [-0.1, -0.05) is 26.0 Å². The molecular formula is C17H19N3O. The number of nitriles is 1. The molecule has 4 nitrogen and oxygen atoms in total. The third-order valence-electron chi connectivity index (χ3n) is 2.98. The minimum atomic E-state index is 0.409. The molecule has 4 heteroatoms. The number of nitrogens with one attached hydrogen (secondary N) is 1. The highest BCUT2D eigenvalue weighted by molar-refractivity contribution is 5.29. The van der Waals surface area contributed by atoms with E-state index in [4.69, 9.17) is 10.00 Å². The van der Waals surface area contributed by atoms with Gasteiger partial charge in [-0.25, -0.2) is 4.98 Å².